The van der Waals surface area contributed by atoms with Crippen LogP contribution in [0.4, 0.5) is 10.3 Å². The first-order chi connectivity index (χ1) is 11.7. The predicted octanol–water partition coefficient (Wildman–Crippen LogP) is 2.01. The zero-order valence-electron chi connectivity index (χ0n) is 12.7. The van der Waals surface area contributed by atoms with Gasteiger partial charge in [0.05, 0.1) is 11.9 Å². The number of aromatic nitrogens is 5. The Morgan fingerprint density at radius 2 is 2.25 bits per heavy atom. The summed E-state index contributed by atoms with van der Waals surface area (Å²) in [4.78, 5) is 20.7. The predicted molar refractivity (Wildman–Crippen MR) is 84.4 cm³/mol. The van der Waals surface area contributed by atoms with Crippen molar-refractivity contribution in [2.75, 3.05) is 5.32 Å². The minimum Gasteiger partial charge on any atom is -0.335 e. The quantitative estimate of drug-likeness (QED) is 0.770. The van der Waals surface area contributed by atoms with Crippen molar-refractivity contribution in [3.05, 3.63) is 48.3 Å². The molecular weight excluding hydrogens is 311 g/mol. The van der Waals surface area contributed by atoms with E-state index in [1.54, 1.807) is 30.7 Å². The summed E-state index contributed by atoms with van der Waals surface area (Å²) in [6.45, 7) is 0.766. The van der Waals surface area contributed by atoms with Crippen LogP contribution >= 0.6 is 0 Å². The lowest BCUT2D eigenvalue weighted by Crippen LogP contribution is -2.30. The fourth-order valence-corrected chi connectivity index (χ4v) is 2.90. The van der Waals surface area contributed by atoms with E-state index >= 15 is 0 Å². The van der Waals surface area contributed by atoms with E-state index in [-0.39, 0.29) is 23.6 Å². The van der Waals surface area contributed by atoms with Crippen molar-refractivity contribution >= 4 is 11.9 Å². The third-order valence-electron chi connectivity index (χ3n) is 4.19. The third kappa shape index (κ3) is 2.66. The average molecular weight is 326 g/mol. The molecule has 2 aromatic heterocycles. The number of carbonyl (C=O) groups excluding carboxylic acids is 1. The first-order valence-corrected chi connectivity index (χ1v) is 7.68. The highest BCUT2D eigenvalue weighted by molar-refractivity contribution is 5.91. The number of carbonyl (C=O) groups is 1. The van der Waals surface area contributed by atoms with Gasteiger partial charge in [0.25, 0.3) is 0 Å². The van der Waals surface area contributed by atoms with Gasteiger partial charge < -0.3 is 4.57 Å². The van der Waals surface area contributed by atoms with Gasteiger partial charge in [0.1, 0.15) is 5.82 Å². The molecule has 0 bridgehead atoms. The van der Waals surface area contributed by atoms with Crippen LogP contribution in [0.3, 0.4) is 0 Å². The van der Waals surface area contributed by atoms with Gasteiger partial charge in [-0.3, -0.25) is 15.2 Å². The number of imidazole rings is 1. The molecule has 0 spiro atoms. The second-order valence-corrected chi connectivity index (χ2v) is 5.74. The number of benzene rings is 1. The van der Waals surface area contributed by atoms with Crippen LogP contribution in [0.15, 0.2) is 36.8 Å². The number of anilines is 1. The number of nitrogens with one attached hydrogen (secondary N) is 2. The van der Waals surface area contributed by atoms with Gasteiger partial charge in [-0.1, -0.05) is 12.1 Å². The lowest BCUT2D eigenvalue weighted by Gasteiger charge is -2.22. The Morgan fingerprint density at radius 1 is 1.38 bits per heavy atom. The lowest BCUT2D eigenvalue weighted by molar-refractivity contribution is -0.120. The molecule has 3 aromatic rings. The molecule has 0 unspecified atom stereocenters. The van der Waals surface area contributed by atoms with Crippen LogP contribution in [-0.2, 0) is 17.8 Å². The largest absolute Gasteiger partial charge is 0.335 e. The van der Waals surface area contributed by atoms with Gasteiger partial charge >= 0.3 is 0 Å². The average Bonchev–Trinajstić information content (AvgIpc) is 3.23. The number of H-pyrrole nitrogens is 1. The summed E-state index contributed by atoms with van der Waals surface area (Å²) >= 11 is 0. The molecular formula is C16H15FN6O. The molecule has 8 heteroatoms. The standard InChI is InChI=1S/C16H15FN6O/c17-13-4-2-1-3-12(13)14-19-16(22-21-14)20-15(24)10-5-6-23-9-18-8-11(23)7-10/h1-4,8-10H,5-7H2,(H2,19,20,21,22,24)/t10-/m1/s1. The van der Waals surface area contributed by atoms with E-state index in [0.717, 1.165) is 18.7 Å². The third-order valence-corrected chi connectivity index (χ3v) is 4.19. The van der Waals surface area contributed by atoms with Crippen molar-refractivity contribution in [3.63, 3.8) is 0 Å². The highest BCUT2D eigenvalue weighted by Crippen LogP contribution is 2.22. The second-order valence-electron chi connectivity index (χ2n) is 5.74. The van der Waals surface area contributed by atoms with Gasteiger partial charge in [0.15, 0.2) is 5.82 Å². The molecule has 7 nitrogen and oxygen atoms in total. The van der Waals surface area contributed by atoms with E-state index < -0.39 is 5.82 Å². The van der Waals surface area contributed by atoms with Gasteiger partial charge in [0.2, 0.25) is 11.9 Å². The fourth-order valence-electron chi connectivity index (χ4n) is 2.90. The first-order valence-electron chi connectivity index (χ1n) is 7.68. The van der Waals surface area contributed by atoms with E-state index in [1.165, 1.54) is 6.07 Å². The molecule has 0 saturated carbocycles. The summed E-state index contributed by atoms with van der Waals surface area (Å²) in [6, 6.07) is 6.26. The van der Waals surface area contributed by atoms with Gasteiger partial charge in [-0.05, 0) is 18.6 Å². The Bertz CT molecular complexity index is 886. The topological polar surface area (TPSA) is 88.5 Å². The number of hydrogen-bond acceptors (Lipinski definition) is 4. The molecule has 0 radical (unpaired) electrons. The molecule has 122 valence electrons. The van der Waals surface area contributed by atoms with Gasteiger partial charge in [-0.25, -0.2) is 9.37 Å². The van der Waals surface area contributed by atoms with Crippen molar-refractivity contribution in [2.24, 2.45) is 5.92 Å². The monoisotopic (exact) mass is 326 g/mol. The number of nitrogens with zero attached hydrogens (tertiary/aromatic N) is 4. The molecule has 1 amide bonds. The summed E-state index contributed by atoms with van der Waals surface area (Å²) < 4.78 is 15.8. The van der Waals surface area contributed by atoms with Crippen molar-refractivity contribution < 1.29 is 9.18 Å². The highest BCUT2D eigenvalue weighted by Gasteiger charge is 2.25. The Hall–Kier alpha value is -3.03. The number of fused-ring (bicyclic) bond motifs is 1. The maximum absolute atomic E-state index is 13.8. The molecule has 1 aromatic carbocycles. The Morgan fingerprint density at radius 3 is 3.12 bits per heavy atom. The molecule has 0 aliphatic carbocycles. The Balaban J connectivity index is 1.47. The smallest absolute Gasteiger partial charge is 0.249 e. The minimum atomic E-state index is -0.396. The fraction of sp³-hybridized carbons (Fsp3) is 0.250. The number of aromatic amines is 1. The molecule has 0 saturated heterocycles. The molecule has 1 aliphatic rings. The number of aryl methyl sites for hydroxylation is 1. The van der Waals surface area contributed by atoms with E-state index in [9.17, 15) is 9.18 Å². The second kappa shape index (κ2) is 5.88. The van der Waals surface area contributed by atoms with E-state index in [1.807, 2.05) is 4.57 Å². The molecule has 0 fully saturated rings. The van der Waals surface area contributed by atoms with Crippen molar-refractivity contribution in [1.29, 1.82) is 0 Å². The van der Waals surface area contributed by atoms with Crippen molar-refractivity contribution in [2.45, 2.75) is 19.4 Å². The summed E-state index contributed by atoms with van der Waals surface area (Å²) in [5.74, 6) is -0.249. The van der Waals surface area contributed by atoms with Crippen molar-refractivity contribution in [1.82, 2.24) is 24.7 Å². The number of hydrogen-bond donors (Lipinski definition) is 2. The van der Waals surface area contributed by atoms with Crippen LogP contribution in [0.2, 0.25) is 0 Å². The van der Waals surface area contributed by atoms with Crippen LogP contribution in [0, 0.1) is 11.7 Å². The molecule has 1 aliphatic heterocycles. The maximum atomic E-state index is 13.8. The van der Waals surface area contributed by atoms with Crippen LogP contribution in [-0.4, -0.2) is 30.6 Å². The zero-order chi connectivity index (χ0) is 16.5. The summed E-state index contributed by atoms with van der Waals surface area (Å²) in [5.41, 5.74) is 1.36. The number of amides is 1. The molecule has 4 rings (SSSR count). The summed E-state index contributed by atoms with van der Waals surface area (Å²) in [5, 5.41) is 9.30. The summed E-state index contributed by atoms with van der Waals surface area (Å²) in [7, 11) is 0. The number of halogens is 1. The van der Waals surface area contributed by atoms with E-state index in [4.69, 9.17) is 0 Å². The lowest BCUT2D eigenvalue weighted by atomic mass is 9.95. The number of rotatable bonds is 3. The first kappa shape index (κ1) is 14.6. The minimum absolute atomic E-state index is 0.137. The molecule has 1 atom stereocenters. The maximum Gasteiger partial charge on any atom is 0.249 e. The highest BCUT2D eigenvalue weighted by atomic mass is 19.1. The zero-order valence-corrected chi connectivity index (χ0v) is 12.7. The van der Waals surface area contributed by atoms with Crippen LogP contribution in [0.1, 0.15) is 12.1 Å². The van der Waals surface area contributed by atoms with Crippen molar-refractivity contribution in [3.8, 4) is 11.4 Å². The van der Waals surface area contributed by atoms with Crippen LogP contribution < -0.4 is 5.32 Å². The Labute approximate surface area is 136 Å². The molecule has 3 heterocycles. The molecule has 2 N–H and O–H groups in total. The van der Waals surface area contributed by atoms with E-state index in [0.29, 0.717) is 12.0 Å². The van der Waals surface area contributed by atoms with Crippen LogP contribution in [0.25, 0.3) is 11.4 Å². The van der Waals surface area contributed by atoms with E-state index in [2.05, 4.69) is 25.5 Å². The van der Waals surface area contributed by atoms with Gasteiger partial charge in [-0.2, -0.15) is 4.98 Å². The Kier molecular flexibility index (Phi) is 3.56. The van der Waals surface area contributed by atoms with Crippen LogP contribution in [0.5, 0.6) is 0 Å². The van der Waals surface area contributed by atoms with Gasteiger partial charge in [-0.15, -0.1) is 5.10 Å². The van der Waals surface area contributed by atoms with Gasteiger partial charge in [0, 0.05) is 30.8 Å². The summed E-state index contributed by atoms with van der Waals surface area (Å²) in [6.07, 6.45) is 4.93. The molecule has 24 heavy (non-hydrogen) atoms. The SMILES string of the molecule is O=C(Nc1n[nH]c(-c2ccccc2F)n1)[C@@H]1CCn2cncc2C1. The normalized spacial score (nSPS) is 16.6.